The average Bonchev–Trinajstić information content (AvgIpc) is 2.38. The first-order chi connectivity index (χ1) is 8.62. The molecule has 0 aromatic heterocycles. The predicted molar refractivity (Wildman–Crippen MR) is 80.6 cm³/mol. The number of carboxylic acid groups (broad SMARTS) is 1. The summed E-state index contributed by atoms with van der Waals surface area (Å²) in [6.45, 7) is 7.00. The third-order valence-electron chi connectivity index (χ3n) is 2.76. The molecule has 0 bridgehead atoms. The Morgan fingerprint density at radius 1 is 0.944 bits per heavy atom. The fraction of sp³-hybridized carbons (Fsp3) is 0.929. The van der Waals surface area contributed by atoms with Crippen LogP contribution in [0.25, 0.3) is 0 Å². The van der Waals surface area contributed by atoms with Gasteiger partial charge in [-0.15, -0.1) is 11.6 Å². The Morgan fingerprint density at radius 3 is 1.39 bits per heavy atom. The zero-order valence-electron chi connectivity index (χ0n) is 12.3. The maximum atomic E-state index is 9.12. The maximum absolute atomic E-state index is 9.12. The van der Waals surface area contributed by atoms with Crippen molar-refractivity contribution in [3.8, 4) is 0 Å². The molecule has 0 aromatic carbocycles. The van der Waals surface area contributed by atoms with Crippen LogP contribution in [0.1, 0.15) is 59.3 Å². The van der Waals surface area contributed by atoms with Crippen molar-refractivity contribution in [3.05, 3.63) is 0 Å². The molecule has 0 aliphatic heterocycles. The van der Waals surface area contributed by atoms with Crippen LogP contribution >= 0.6 is 11.6 Å². The molecule has 18 heavy (non-hydrogen) atoms. The number of rotatable bonds is 10. The number of hydrogen-bond donors (Lipinski definition) is 0. The molecular formula is C14H29ClO2Sn. The Hall–Kier alpha value is 0.559. The first-order valence-electron chi connectivity index (χ1n) is 7.21. The number of aliphatic carboxylic acids is 1. The molecule has 2 nitrogen and oxygen atoms in total. The summed E-state index contributed by atoms with van der Waals surface area (Å²) in [7, 11) is 0. The van der Waals surface area contributed by atoms with E-state index in [2.05, 4.69) is 32.4 Å². The van der Waals surface area contributed by atoms with Gasteiger partial charge in [-0.2, -0.15) is 0 Å². The molecule has 0 heterocycles. The van der Waals surface area contributed by atoms with Gasteiger partial charge in [-0.3, -0.25) is 0 Å². The van der Waals surface area contributed by atoms with Crippen LogP contribution in [-0.4, -0.2) is 31.6 Å². The molecule has 4 heteroatoms. The molecule has 0 unspecified atom stereocenters. The van der Waals surface area contributed by atoms with Crippen molar-refractivity contribution in [1.29, 1.82) is 0 Å². The molecule has 0 aliphatic carbocycles. The van der Waals surface area contributed by atoms with E-state index in [0.717, 1.165) is 0 Å². The zero-order valence-corrected chi connectivity index (χ0v) is 15.9. The number of unbranched alkanes of at least 4 members (excludes halogenated alkanes) is 3. The second-order valence-electron chi connectivity index (χ2n) is 4.57. The van der Waals surface area contributed by atoms with Gasteiger partial charge in [0.05, 0.1) is 11.8 Å². The smallest absolute Gasteiger partial charge is 0.0620 e. The van der Waals surface area contributed by atoms with Crippen LogP contribution in [0.15, 0.2) is 0 Å². The van der Waals surface area contributed by atoms with Crippen molar-refractivity contribution >= 4 is 37.3 Å². The van der Waals surface area contributed by atoms with Crippen molar-refractivity contribution in [2.45, 2.75) is 72.6 Å². The maximum Gasteiger partial charge on any atom is 0.0620 e. The third-order valence-corrected chi connectivity index (χ3v) is 12.1. The van der Waals surface area contributed by atoms with E-state index < -0.39 is 31.6 Å². The molecule has 0 rings (SSSR count). The van der Waals surface area contributed by atoms with Crippen LogP contribution in [0.4, 0.5) is 0 Å². The van der Waals surface area contributed by atoms with E-state index in [1.165, 1.54) is 38.5 Å². The largest absolute Gasteiger partial charge is 0.549 e. The van der Waals surface area contributed by atoms with Gasteiger partial charge < -0.3 is 9.90 Å². The van der Waals surface area contributed by atoms with Crippen LogP contribution in [0, 0.1) is 0 Å². The predicted octanol–water partition coefficient (Wildman–Crippen LogP) is 3.86. The molecule has 0 spiro atoms. The Kier molecular flexibility index (Phi) is 20.4. The van der Waals surface area contributed by atoms with E-state index in [1.54, 1.807) is 13.3 Å². The number of halogens is 1. The average molecular weight is 384 g/mol. The monoisotopic (exact) mass is 384 g/mol. The van der Waals surface area contributed by atoms with Crippen LogP contribution in [0.5, 0.6) is 0 Å². The molecule has 0 fully saturated rings. The van der Waals surface area contributed by atoms with Gasteiger partial charge in [0.1, 0.15) is 0 Å². The summed E-state index contributed by atoms with van der Waals surface area (Å²) in [5.41, 5.74) is 0. The Morgan fingerprint density at radius 2 is 1.22 bits per heavy atom. The van der Waals surface area contributed by atoms with Gasteiger partial charge >= 0.3 is 92.4 Å². The van der Waals surface area contributed by atoms with Gasteiger partial charge in [0.25, 0.3) is 0 Å². The first kappa shape index (κ1) is 20.9. The fourth-order valence-electron chi connectivity index (χ4n) is 1.66. The Bertz CT molecular complexity index is 158. The third kappa shape index (κ3) is 18.9. The molecule has 0 atom stereocenters. The van der Waals surface area contributed by atoms with Crippen LogP contribution in [0.3, 0.4) is 0 Å². The second-order valence-corrected chi connectivity index (χ2v) is 13.4. The minimum atomic E-state index is -1.23. The number of carboxylic acids is 1. The topological polar surface area (TPSA) is 40.1 Å². The van der Waals surface area contributed by atoms with Crippen LogP contribution < -0.4 is 5.11 Å². The molecule has 0 amide bonds. The summed E-state index contributed by atoms with van der Waals surface area (Å²) in [5.74, 6) is -1.65. The van der Waals surface area contributed by atoms with Crippen molar-refractivity contribution in [2.24, 2.45) is 0 Å². The minimum Gasteiger partial charge on any atom is -0.549 e. The van der Waals surface area contributed by atoms with E-state index in [9.17, 15) is 0 Å². The SMILES string of the molecule is CCC[CH2][Sn+]([CH2]CCC)[CH2]CCC.O=C([O-])CCl. The van der Waals surface area contributed by atoms with Gasteiger partial charge in [-0.05, 0) is 0 Å². The second kappa shape index (κ2) is 17.6. The molecule has 108 valence electrons. The van der Waals surface area contributed by atoms with E-state index in [0.29, 0.717) is 0 Å². The van der Waals surface area contributed by atoms with Crippen molar-refractivity contribution < 1.29 is 9.90 Å². The molecule has 0 saturated carbocycles. The Labute approximate surface area is 125 Å². The van der Waals surface area contributed by atoms with E-state index >= 15 is 0 Å². The molecule has 0 aromatic rings. The van der Waals surface area contributed by atoms with E-state index in [-0.39, 0.29) is 0 Å². The first-order valence-corrected chi connectivity index (χ1v) is 13.8. The van der Waals surface area contributed by atoms with Gasteiger partial charge in [0.2, 0.25) is 0 Å². The van der Waals surface area contributed by atoms with Gasteiger partial charge in [0, 0.05) is 0 Å². The quantitative estimate of drug-likeness (QED) is 0.425. The summed E-state index contributed by atoms with van der Waals surface area (Å²) in [6, 6.07) is 0. The summed E-state index contributed by atoms with van der Waals surface area (Å²) >= 11 is 3.84. The van der Waals surface area contributed by atoms with Gasteiger partial charge in [-0.25, -0.2) is 0 Å². The summed E-state index contributed by atoms with van der Waals surface area (Å²) in [5, 5.41) is 9.12. The van der Waals surface area contributed by atoms with Gasteiger partial charge in [-0.1, -0.05) is 0 Å². The van der Waals surface area contributed by atoms with Crippen LogP contribution in [-0.2, 0) is 4.79 Å². The van der Waals surface area contributed by atoms with E-state index in [1.807, 2.05) is 0 Å². The molecule has 0 aliphatic rings. The molecule has 0 radical (unpaired) electrons. The minimum absolute atomic E-state index is 0.417. The summed E-state index contributed by atoms with van der Waals surface area (Å²) in [4.78, 5) is 9.12. The Balaban J connectivity index is 0. The summed E-state index contributed by atoms with van der Waals surface area (Å²) in [6.07, 6.45) is 8.85. The van der Waals surface area contributed by atoms with E-state index in [4.69, 9.17) is 9.90 Å². The standard InChI is InChI=1S/3C4H9.C2H3ClO2.Sn/c3*1-3-4-2;3-1-2(4)5;/h3*1,3-4H2,2H3;1H2,(H,4,5);/q;;;;+1/p-1. The summed E-state index contributed by atoms with van der Waals surface area (Å²) < 4.78 is 5.04. The van der Waals surface area contributed by atoms with Crippen molar-refractivity contribution in [3.63, 3.8) is 0 Å². The van der Waals surface area contributed by atoms with Crippen molar-refractivity contribution in [1.82, 2.24) is 0 Å². The van der Waals surface area contributed by atoms with Crippen molar-refractivity contribution in [2.75, 3.05) is 5.88 Å². The molecule has 0 N–H and O–H groups in total. The molecule has 0 saturated heterocycles. The van der Waals surface area contributed by atoms with Crippen LogP contribution in [0.2, 0.25) is 13.3 Å². The molecular weight excluding hydrogens is 354 g/mol. The fourth-order valence-corrected chi connectivity index (χ4v) is 11.1. The van der Waals surface area contributed by atoms with Gasteiger partial charge in [0.15, 0.2) is 0 Å². The number of carbonyl (C=O) groups excluding carboxylic acids is 1. The zero-order chi connectivity index (χ0) is 14.2. The number of hydrogen-bond acceptors (Lipinski definition) is 2. The number of alkyl halides is 1. The normalized spacial score (nSPS) is 9.56. The number of carbonyl (C=O) groups is 1.